The Balaban J connectivity index is 2.86. The van der Waals surface area contributed by atoms with Crippen LogP contribution in [0, 0.1) is 5.41 Å². The van der Waals surface area contributed by atoms with Gasteiger partial charge in [-0.2, -0.15) is 0 Å². The molecule has 14 heavy (non-hydrogen) atoms. The topological polar surface area (TPSA) is 17.1 Å². The van der Waals surface area contributed by atoms with Gasteiger partial charge in [0.1, 0.15) is 0 Å². The molecule has 1 rings (SSSR count). The Hall–Kier alpha value is -0.0705. The van der Waals surface area contributed by atoms with Gasteiger partial charge in [-0.25, -0.2) is 0 Å². The van der Waals surface area contributed by atoms with Gasteiger partial charge >= 0.3 is 93.3 Å². The summed E-state index contributed by atoms with van der Waals surface area (Å²) in [7, 11) is 0. The predicted molar refractivity (Wildman–Crippen MR) is 61.6 cm³/mol. The summed E-state index contributed by atoms with van der Waals surface area (Å²) >= 11 is 0.508. The average Bonchev–Trinajstić information content (AvgIpc) is 1.98. The number of carbonyl (C=O) groups excluding carboxylic acids is 1. The Bertz CT molecular complexity index is 248. The van der Waals surface area contributed by atoms with Crippen molar-refractivity contribution in [2.24, 2.45) is 5.41 Å². The van der Waals surface area contributed by atoms with Gasteiger partial charge in [0.05, 0.1) is 0 Å². The van der Waals surface area contributed by atoms with Gasteiger partial charge in [-0.05, 0) is 0 Å². The second-order valence-corrected chi connectivity index (χ2v) is 8.15. The fourth-order valence-electron chi connectivity index (χ4n) is 1.49. The van der Waals surface area contributed by atoms with Crippen molar-refractivity contribution in [1.82, 2.24) is 0 Å². The van der Waals surface area contributed by atoms with Crippen LogP contribution >= 0.6 is 0 Å². The molecule has 0 radical (unpaired) electrons. The second-order valence-electron chi connectivity index (χ2n) is 5.05. The Morgan fingerprint density at radius 1 is 1.43 bits per heavy atom. The van der Waals surface area contributed by atoms with Gasteiger partial charge in [-0.15, -0.1) is 0 Å². The SMILES string of the molecule is CC1CCCC(=O)/C=C(/C(C)(C)C)[Se]1. The molecule has 1 unspecified atom stereocenters. The molecule has 0 fully saturated rings. The summed E-state index contributed by atoms with van der Waals surface area (Å²) in [5, 5.41) is 0. The number of carbonyl (C=O) groups is 1. The van der Waals surface area contributed by atoms with Crippen LogP contribution in [0.5, 0.6) is 0 Å². The summed E-state index contributed by atoms with van der Waals surface area (Å²) in [6.07, 6.45) is 4.98. The number of allylic oxidation sites excluding steroid dienone is 2. The second kappa shape index (κ2) is 4.63. The molecule has 1 atom stereocenters. The Morgan fingerprint density at radius 2 is 2.07 bits per heavy atom. The molecule has 1 aliphatic rings. The van der Waals surface area contributed by atoms with E-state index >= 15 is 0 Å². The third-order valence-electron chi connectivity index (χ3n) is 2.39. The van der Waals surface area contributed by atoms with Crippen molar-refractivity contribution in [1.29, 1.82) is 0 Å². The third-order valence-corrected chi connectivity index (χ3v) is 5.80. The quantitative estimate of drug-likeness (QED) is 0.611. The van der Waals surface area contributed by atoms with E-state index in [2.05, 4.69) is 27.7 Å². The zero-order valence-electron chi connectivity index (χ0n) is 9.59. The van der Waals surface area contributed by atoms with Gasteiger partial charge < -0.3 is 0 Å². The molecule has 1 heterocycles. The summed E-state index contributed by atoms with van der Waals surface area (Å²) in [6.45, 7) is 8.95. The first-order valence-corrected chi connectivity index (χ1v) is 7.16. The molecule has 0 aromatic heterocycles. The maximum absolute atomic E-state index is 11.5. The number of hydrogen-bond acceptors (Lipinski definition) is 1. The minimum atomic E-state index is 0.182. The van der Waals surface area contributed by atoms with Crippen LogP contribution in [-0.4, -0.2) is 20.7 Å². The first-order valence-electron chi connectivity index (χ1n) is 5.31. The summed E-state index contributed by atoms with van der Waals surface area (Å²) < 4.78 is 1.39. The number of ketones is 1. The monoisotopic (exact) mass is 260 g/mol. The summed E-state index contributed by atoms with van der Waals surface area (Å²) in [6, 6.07) is 0. The standard InChI is InChI=1S/C12H20OSe/c1-9-6-5-7-10(13)8-11(14-9)12(2,3)4/h8-9H,5-7H2,1-4H3/b11-8-. The maximum atomic E-state index is 11.5. The molecular weight excluding hydrogens is 239 g/mol. The fraction of sp³-hybridized carbons (Fsp3) is 0.750. The molecular formula is C12H20OSe. The van der Waals surface area contributed by atoms with Crippen molar-refractivity contribution in [2.75, 3.05) is 0 Å². The first kappa shape index (κ1) is 12.0. The van der Waals surface area contributed by atoms with Gasteiger partial charge in [-0.3, -0.25) is 0 Å². The van der Waals surface area contributed by atoms with Crippen molar-refractivity contribution in [2.45, 2.75) is 51.8 Å². The van der Waals surface area contributed by atoms with Crippen LogP contribution < -0.4 is 0 Å². The van der Waals surface area contributed by atoms with E-state index in [0.29, 0.717) is 20.7 Å². The molecule has 0 aliphatic carbocycles. The zero-order valence-corrected chi connectivity index (χ0v) is 11.3. The van der Waals surface area contributed by atoms with Crippen molar-refractivity contribution < 1.29 is 4.79 Å². The van der Waals surface area contributed by atoms with E-state index in [-0.39, 0.29) is 5.41 Å². The molecule has 0 bridgehead atoms. The molecule has 0 N–H and O–H groups in total. The number of hydrogen-bond donors (Lipinski definition) is 0. The van der Waals surface area contributed by atoms with Gasteiger partial charge in [0.2, 0.25) is 0 Å². The summed E-state index contributed by atoms with van der Waals surface area (Å²) in [4.78, 5) is 12.3. The van der Waals surface area contributed by atoms with Gasteiger partial charge in [0, 0.05) is 0 Å². The Kier molecular flexibility index (Phi) is 3.97. The zero-order chi connectivity index (χ0) is 10.8. The molecule has 1 nitrogen and oxygen atoms in total. The molecule has 0 aromatic carbocycles. The summed E-state index contributed by atoms with van der Waals surface area (Å²) in [5.41, 5.74) is 0.182. The minimum absolute atomic E-state index is 0.182. The molecule has 2 heteroatoms. The van der Waals surface area contributed by atoms with Crippen molar-refractivity contribution in [3.8, 4) is 0 Å². The van der Waals surface area contributed by atoms with E-state index in [0.717, 1.165) is 17.7 Å². The van der Waals surface area contributed by atoms with Gasteiger partial charge in [0.25, 0.3) is 0 Å². The van der Waals surface area contributed by atoms with Crippen LogP contribution in [-0.2, 0) is 4.79 Å². The molecule has 0 amide bonds. The van der Waals surface area contributed by atoms with Crippen LogP contribution in [0.2, 0.25) is 4.82 Å². The normalized spacial score (nSPS) is 29.0. The van der Waals surface area contributed by atoms with Crippen molar-refractivity contribution >= 4 is 20.7 Å². The van der Waals surface area contributed by atoms with Crippen LogP contribution in [0.1, 0.15) is 47.0 Å². The molecule has 0 spiro atoms. The van der Waals surface area contributed by atoms with E-state index in [1.807, 2.05) is 6.08 Å². The van der Waals surface area contributed by atoms with Crippen LogP contribution in [0.25, 0.3) is 0 Å². The fourth-order valence-corrected chi connectivity index (χ4v) is 4.15. The summed E-state index contributed by atoms with van der Waals surface area (Å²) in [5.74, 6) is 0.337. The van der Waals surface area contributed by atoms with E-state index < -0.39 is 0 Å². The van der Waals surface area contributed by atoms with Gasteiger partial charge in [-0.1, -0.05) is 0 Å². The van der Waals surface area contributed by atoms with Crippen LogP contribution in [0.3, 0.4) is 0 Å². The van der Waals surface area contributed by atoms with Crippen LogP contribution in [0.4, 0.5) is 0 Å². The van der Waals surface area contributed by atoms with E-state index in [4.69, 9.17) is 0 Å². The van der Waals surface area contributed by atoms with Crippen molar-refractivity contribution in [3.05, 3.63) is 10.5 Å². The molecule has 80 valence electrons. The third kappa shape index (κ3) is 3.59. The van der Waals surface area contributed by atoms with E-state index in [1.54, 1.807) is 0 Å². The molecule has 1 aliphatic heterocycles. The van der Waals surface area contributed by atoms with Crippen LogP contribution in [0.15, 0.2) is 10.5 Å². The Morgan fingerprint density at radius 3 is 2.64 bits per heavy atom. The number of rotatable bonds is 0. The molecule has 0 saturated carbocycles. The Labute approximate surface area is 93.5 Å². The van der Waals surface area contributed by atoms with Gasteiger partial charge in [0.15, 0.2) is 0 Å². The predicted octanol–water partition coefficient (Wildman–Crippen LogP) is 3.18. The van der Waals surface area contributed by atoms with E-state index in [9.17, 15) is 4.79 Å². The first-order chi connectivity index (χ1) is 6.39. The molecule has 0 saturated heterocycles. The van der Waals surface area contributed by atoms with Crippen molar-refractivity contribution in [3.63, 3.8) is 0 Å². The average molecular weight is 259 g/mol. The van der Waals surface area contributed by atoms with E-state index in [1.165, 1.54) is 10.9 Å². The molecule has 0 aromatic rings.